The molecule has 2 amide bonds. The van der Waals surface area contributed by atoms with Gasteiger partial charge in [0.1, 0.15) is 11.3 Å². The Hall–Kier alpha value is -2.47. The second-order valence-corrected chi connectivity index (χ2v) is 6.36. The highest BCUT2D eigenvalue weighted by atomic mass is 32.1. The van der Waals surface area contributed by atoms with Crippen LogP contribution in [0.4, 0.5) is 0 Å². The van der Waals surface area contributed by atoms with Crippen molar-refractivity contribution < 1.29 is 14.3 Å². The number of carbonyl (C=O) groups excluding carboxylic acids is 2. The molecule has 1 aliphatic rings. The molecule has 0 bridgehead atoms. The van der Waals surface area contributed by atoms with Gasteiger partial charge in [-0.1, -0.05) is 50.5 Å². The second kappa shape index (κ2) is 9.87. The minimum Gasteiger partial charge on any atom is -0.493 e. The zero-order valence-electron chi connectivity index (χ0n) is 15.0. The Kier molecular flexibility index (Phi) is 7.53. The molecule has 1 N–H and O–H groups in total. The third-order valence-corrected chi connectivity index (χ3v) is 4.29. The van der Waals surface area contributed by atoms with Gasteiger partial charge >= 0.3 is 0 Å². The van der Waals surface area contributed by atoms with E-state index in [-0.39, 0.29) is 17.2 Å². The Balaban J connectivity index is 2.19. The van der Waals surface area contributed by atoms with Gasteiger partial charge in [0.2, 0.25) is 0 Å². The van der Waals surface area contributed by atoms with E-state index in [0.29, 0.717) is 17.9 Å². The van der Waals surface area contributed by atoms with E-state index in [4.69, 9.17) is 17.0 Å². The molecule has 1 heterocycles. The lowest BCUT2D eigenvalue weighted by Crippen LogP contribution is -2.53. The highest BCUT2D eigenvalue weighted by Gasteiger charge is 2.32. The van der Waals surface area contributed by atoms with E-state index in [1.807, 2.05) is 24.3 Å². The van der Waals surface area contributed by atoms with Crippen molar-refractivity contribution in [2.45, 2.75) is 32.6 Å². The van der Waals surface area contributed by atoms with E-state index in [1.54, 1.807) is 12.2 Å². The zero-order chi connectivity index (χ0) is 18.9. The third kappa shape index (κ3) is 5.02. The van der Waals surface area contributed by atoms with Gasteiger partial charge in [0, 0.05) is 12.1 Å². The fourth-order valence-electron chi connectivity index (χ4n) is 2.59. The number of nitrogens with zero attached hydrogens (tertiary/aromatic N) is 1. The molecule has 26 heavy (non-hydrogen) atoms. The van der Waals surface area contributed by atoms with Crippen molar-refractivity contribution in [2.24, 2.45) is 0 Å². The molecule has 2 rings (SSSR count). The monoisotopic (exact) mass is 372 g/mol. The number of carbonyl (C=O) groups is 2. The number of thiocarbonyl (C=S) groups is 1. The van der Waals surface area contributed by atoms with E-state index >= 15 is 0 Å². The number of hydrogen-bond acceptors (Lipinski definition) is 4. The molecular formula is C20H24N2O3S. The molecule has 0 radical (unpaired) electrons. The summed E-state index contributed by atoms with van der Waals surface area (Å²) in [5.41, 5.74) is 0.718. The van der Waals surface area contributed by atoms with Crippen molar-refractivity contribution in [3.63, 3.8) is 0 Å². The van der Waals surface area contributed by atoms with Crippen LogP contribution in [0.1, 0.15) is 38.2 Å². The third-order valence-electron chi connectivity index (χ3n) is 3.97. The topological polar surface area (TPSA) is 58.6 Å². The summed E-state index contributed by atoms with van der Waals surface area (Å²) in [7, 11) is 0. The van der Waals surface area contributed by atoms with Crippen molar-refractivity contribution in [1.29, 1.82) is 0 Å². The van der Waals surface area contributed by atoms with Crippen LogP contribution in [-0.2, 0) is 9.59 Å². The lowest BCUT2D eigenvalue weighted by molar-refractivity contribution is -0.128. The molecule has 1 fully saturated rings. The molecule has 5 nitrogen and oxygen atoms in total. The second-order valence-electron chi connectivity index (χ2n) is 5.97. The minimum absolute atomic E-state index is 0.0301. The van der Waals surface area contributed by atoms with Crippen LogP contribution in [0.2, 0.25) is 0 Å². The van der Waals surface area contributed by atoms with Gasteiger partial charge < -0.3 is 4.74 Å². The highest BCUT2D eigenvalue weighted by Crippen LogP contribution is 2.23. The predicted octanol–water partition coefficient (Wildman–Crippen LogP) is 3.46. The fourth-order valence-corrected chi connectivity index (χ4v) is 2.84. The normalized spacial score (nSPS) is 16.0. The summed E-state index contributed by atoms with van der Waals surface area (Å²) >= 11 is 5.06. The summed E-state index contributed by atoms with van der Waals surface area (Å²) in [6, 6.07) is 7.36. The van der Waals surface area contributed by atoms with Crippen LogP contribution in [0, 0.1) is 0 Å². The largest absolute Gasteiger partial charge is 0.493 e. The zero-order valence-corrected chi connectivity index (χ0v) is 15.8. The molecule has 1 saturated heterocycles. The van der Waals surface area contributed by atoms with Crippen molar-refractivity contribution in [2.75, 3.05) is 13.2 Å². The molecule has 6 heteroatoms. The molecule has 1 aromatic rings. The number of ether oxygens (including phenoxy) is 1. The van der Waals surface area contributed by atoms with Gasteiger partial charge in [-0.05, 0) is 30.8 Å². The molecule has 0 aliphatic carbocycles. The quantitative estimate of drug-likeness (QED) is 0.237. The number of benzene rings is 1. The molecule has 0 spiro atoms. The van der Waals surface area contributed by atoms with Crippen molar-refractivity contribution in [3.8, 4) is 5.75 Å². The van der Waals surface area contributed by atoms with Crippen LogP contribution in [0.3, 0.4) is 0 Å². The standard InChI is InChI=1S/C20H24N2O3S/c1-3-5-6-9-13-25-17-11-8-7-10-15(17)14-16-18(23)21-20(26)22(12-4-2)19(16)24/h4,7-8,10-11,14H,2-3,5-6,9,12-13H2,1H3,(H,21,23,26). The number of nitrogens with one attached hydrogen (secondary N) is 1. The summed E-state index contributed by atoms with van der Waals surface area (Å²) in [6.07, 6.45) is 7.56. The maximum Gasteiger partial charge on any atom is 0.265 e. The molecule has 0 atom stereocenters. The Bertz CT molecular complexity index is 728. The maximum absolute atomic E-state index is 12.6. The average Bonchev–Trinajstić information content (AvgIpc) is 2.63. The SMILES string of the molecule is C=CCN1C(=O)C(=Cc2ccccc2OCCCCCC)C(=O)NC1=S. The summed E-state index contributed by atoms with van der Waals surface area (Å²) < 4.78 is 5.85. The van der Waals surface area contributed by atoms with E-state index < -0.39 is 11.8 Å². The molecule has 138 valence electrons. The van der Waals surface area contributed by atoms with Crippen LogP contribution < -0.4 is 10.1 Å². The van der Waals surface area contributed by atoms with Gasteiger partial charge in [-0.2, -0.15) is 0 Å². The first kappa shape index (κ1) is 19.8. The molecule has 0 saturated carbocycles. The Morgan fingerprint density at radius 3 is 2.73 bits per heavy atom. The summed E-state index contributed by atoms with van der Waals surface area (Å²) in [5, 5.41) is 2.64. The van der Waals surface area contributed by atoms with Gasteiger partial charge in [-0.15, -0.1) is 6.58 Å². The molecular weight excluding hydrogens is 348 g/mol. The maximum atomic E-state index is 12.6. The van der Waals surface area contributed by atoms with E-state index in [1.165, 1.54) is 17.7 Å². The number of rotatable bonds is 9. The van der Waals surface area contributed by atoms with Crippen LogP contribution in [-0.4, -0.2) is 35.0 Å². The van der Waals surface area contributed by atoms with Crippen LogP contribution in [0.15, 0.2) is 42.5 Å². The minimum atomic E-state index is -0.502. The van der Waals surface area contributed by atoms with Crippen LogP contribution in [0.5, 0.6) is 5.75 Å². The van der Waals surface area contributed by atoms with E-state index in [0.717, 1.165) is 12.8 Å². The lowest BCUT2D eigenvalue weighted by Gasteiger charge is -2.27. The molecule has 0 unspecified atom stereocenters. The molecule has 1 aliphatic heterocycles. The number of unbranched alkanes of at least 4 members (excludes halogenated alkanes) is 3. The average molecular weight is 372 g/mol. The summed E-state index contributed by atoms with van der Waals surface area (Å²) in [5.74, 6) is -0.282. The first-order valence-corrected chi connectivity index (χ1v) is 9.21. The molecule has 1 aromatic carbocycles. The van der Waals surface area contributed by atoms with Crippen molar-refractivity contribution in [3.05, 3.63) is 48.1 Å². The smallest absolute Gasteiger partial charge is 0.265 e. The van der Waals surface area contributed by atoms with E-state index in [2.05, 4.69) is 18.8 Å². The Labute approximate surface area is 159 Å². The summed E-state index contributed by atoms with van der Waals surface area (Å²) in [6.45, 7) is 6.62. The molecule has 0 aromatic heterocycles. The van der Waals surface area contributed by atoms with Crippen LogP contribution in [0.25, 0.3) is 6.08 Å². The number of hydrogen-bond donors (Lipinski definition) is 1. The van der Waals surface area contributed by atoms with Gasteiger partial charge in [-0.3, -0.25) is 19.8 Å². The first-order valence-electron chi connectivity index (χ1n) is 8.80. The van der Waals surface area contributed by atoms with Gasteiger partial charge in [-0.25, -0.2) is 0 Å². The Morgan fingerprint density at radius 1 is 1.23 bits per heavy atom. The van der Waals surface area contributed by atoms with E-state index in [9.17, 15) is 9.59 Å². The van der Waals surface area contributed by atoms with Crippen LogP contribution >= 0.6 is 12.2 Å². The highest BCUT2D eigenvalue weighted by molar-refractivity contribution is 7.80. The Morgan fingerprint density at radius 2 is 2.00 bits per heavy atom. The van der Waals surface area contributed by atoms with Crippen molar-refractivity contribution >= 4 is 35.2 Å². The fraction of sp³-hybridized carbons (Fsp3) is 0.350. The van der Waals surface area contributed by atoms with Crippen molar-refractivity contribution in [1.82, 2.24) is 10.2 Å². The first-order chi connectivity index (χ1) is 12.6. The number of amides is 2. The predicted molar refractivity (Wildman–Crippen MR) is 107 cm³/mol. The van der Waals surface area contributed by atoms with Gasteiger partial charge in [0.25, 0.3) is 11.8 Å². The van der Waals surface area contributed by atoms with Gasteiger partial charge in [0.05, 0.1) is 6.61 Å². The number of para-hydroxylation sites is 1. The lowest BCUT2D eigenvalue weighted by atomic mass is 10.1. The summed E-state index contributed by atoms with van der Waals surface area (Å²) in [4.78, 5) is 26.1. The van der Waals surface area contributed by atoms with Gasteiger partial charge in [0.15, 0.2) is 5.11 Å².